The summed E-state index contributed by atoms with van der Waals surface area (Å²) in [6, 6.07) is 9.91. The van der Waals surface area contributed by atoms with Crippen molar-refractivity contribution >= 4 is 28.7 Å². The molecule has 0 unspecified atom stereocenters. The smallest absolute Gasteiger partial charge is 0.278 e. The predicted octanol–water partition coefficient (Wildman–Crippen LogP) is 4.28. The molecular formula is C22H28N4O2S. The molecule has 0 fully saturated rings. The molecule has 6 nitrogen and oxygen atoms in total. The van der Waals surface area contributed by atoms with Crippen molar-refractivity contribution in [3.8, 4) is 0 Å². The van der Waals surface area contributed by atoms with E-state index in [4.69, 9.17) is 0 Å². The van der Waals surface area contributed by atoms with Crippen LogP contribution in [-0.2, 0) is 4.79 Å². The number of carbonyl (C=O) groups is 1. The van der Waals surface area contributed by atoms with Crippen molar-refractivity contribution in [1.82, 2.24) is 19.9 Å². The van der Waals surface area contributed by atoms with E-state index in [0.717, 1.165) is 17.7 Å². The number of aromatic nitrogens is 3. The Morgan fingerprint density at radius 3 is 2.59 bits per heavy atom. The summed E-state index contributed by atoms with van der Waals surface area (Å²) < 4.78 is 1.69. The summed E-state index contributed by atoms with van der Waals surface area (Å²) >= 11 is 1.30. The van der Waals surface area contributed by atoms with Gasteiger partial charge in [-0.2, -0.15) is 0 Å². The van der Waals surface area contributed by atoms with Gasteiger partial charge in [-0.15, -0.1) is 0 Å². The molecule has 154 valence electrons. The minimum Gasteiger partial charge on any atom is -0.353 e. The van der Waals surface area contributed by atoms with Crippen molar-refractivity contribution in [3.05, 3.63) is 57.5 Å². The van der Waals surface area contributed by atoms with Gasteiger partial charge in [-0.1, -0.05) is 48.5 Å². The second-order valence-corrected chi connectivity index (χ2v) is 8.47. The third kappa shape index (κ3) is 4.72. The van der Waals surface area contributed by atoms with Gasteiger partial charge in [-0.25, -0.2) is 4.98 Å². The molecule has 0 saturated heterocycles. The molecule has 0 aliphatic heterocycles. The number of thioether (sulfide) groups is 1. The Hall–Kier alpha value is -2.54. The van der Waals surface area contributed by atoms with Gasteiger partial charge in [0.05, 0.1) is 17.3 Å². The first-order valence-corrected chi connectivity index (χ1v) is 10.9. The van der Waals surface area contributed by atoms with Gasteiger partial charge in [-0.05, 0) is 45.7 Å². The van der Waals surface area contributed by atoms with Crippen molar-refractivity contribution in [2.45, 2.75) is 58.3 Å². The van der Waals surface area contributed by atoms with Gasteiger partial charge < -0.3 is 10.3 Å². The maximum absolute atomic E-state index is 13.0. The number of hydrogen-bond donors (Lipinski definition) is 2. The Labute approximate surface area is 175 Å². The molecule has 3 aromatic rings. The summed E-state index contributed by atoms with van der Waals surface area (Å²) in [5.74, 6) is 0.118. The molecule has 0 spiro atoms. The van der Waals surface area contributed by atoms with Crippen LogP contribution in [0.4, 0.5) is 0 Å². The highest BCUT2D eigenvalue weighted by Gasteiger charge is 2.18. The quantitative estimate of drug-likeness (QED) is 0.448. The van der Waals surface area contributed by atoms with Gasteiger partial charge in [-0.3, -0.25) is 14.2 Å². The van der Waals surface area contributed by atoms with Crippen molar-refractivity contribution in [2.24, 2.45) is 0 Å². The minimum atomic E-state index is -0.0895. The summed E-state index contributed by atoms with van der Waals surface area (Å²) in [6.45, 7) is 9.94. The second-order valence-electron chi connectivity index (χ2n) is 7.53. The molecule has 1 amide bonds. The van der Waals surface area contributed by atoms with Crippen molar-refractivity contribution in [2.75, 3.05) is 5.75 Å². The normalized spacial score (nSPS) is 13.4. The number of carbonyl (C=O) groups excluding carboxylic acids is 1. The molecule has 0 bridgehead atoms. The highest BCUT2D eigenvalue weighted by Crippen LogP contribution is 2.23. The van der Waals surface area contributed by atoms with Gasteiger partial charge >= 0.3 is 0 Å². The molecule has 2 heterocycles. The number of H-pyrrole nitrogens is 1. The van der Waals surface area contributed by atoms with E-state index in [-0.39, 0.29) is 29.3 Å². The topological polar surface area (TPSA) is 79.8 Å². The van der Waals surface area contributed by atoms with E-state index >= 15 is 0 Å². The minimum absolute atomic E-state index is 0.0000457. The van der Waals surface area contributed by atoms with Crippen LogP contribution < -0.4 is 10.9 Å². The zero-order chi connectivity index (χ0) is 21.1. The third-order valence-corrected chi connectivity index (χ3v) is 6.06. The number of nitrogens with zero attached hydrogens (tertiary/aromatic N) is 2. The number of amides is 1. The largest absolute Gasteiger partial charge is 0.353 e. The van der Waals surface area contributed by atoms with Gasteiger partial charge in [0, 0.05) is 11.7 Å². The molecule has 7 heteroatoms. The second kappa shape index (κ2) is 8.86. The Kier molecular flexibility index (Phi) is 6.47. The summed E-state index contributed by atoms with van der Waals surface area (Å²) in [4.78, 5) is 33.3. The lowest BCUT2D eigenvalue weighted by molar-refractivity contribution is -0.119. The standard InChI is InChI=1S/C22H28N4O2S/c1-6-15(4)26-21(28)20-18(11-14(3)23-20)25-22(26)29-12-19(27)24-16(5)17-9-7-13(2)8-10-17/h7-11,15-16,23H,6,12H2,1-5H3,(H,24,27)/t15-,16+/m0/s1. The van der Waals surface area contributed by atoms with Crippen LogP contribution >= 0.6 is 11.8 Å². The first-order valence-electron chi connectivity index (χ1n) is 9.90. The summed E-state index contributed by atoms with van der Waals surface area (Å²) in [6.07, 6.45) is 0.803. The van der Waals surface area contributed by atoms with Crippen molar-refractivity contribution < 1.29 is 4.79 Å². The van der Waals surface area contributed by atoms with E-state index in [0.29, 0.717) is 16.2 Å². The first kappa shape index (κ1) is 21.2. The fourth-order valence-corrected chi connectivity index (χ4v) is 4.12. The van der Waals surface area contributed by atoms with E-state index in [1.165, 1.54) is 17.3 Å². The van der Waals surface area contributed by atoms with E-state index in [2.05, 4.69) is 15.3 Å². The first-order chi connectivity index (χ1) is 13.8. The molecule has 1 aromatic carbocycles. The molecule has 0 radical (unpaired) electrons. The SMILES string of the molecule is CC[C@H](C)n1c(SCC(=O)N[C@H](C)c2ccc(C)cc2)nc2cc(C)[nH]c2c1=O. The lowest BCUT2D eigenvalue weighted by Crippen LogP contribution is -2.29. The van der Waals surface area contributed by atoms with E-state index < -0.39 is 0 Å². The zero-order valence-corrected chi connectivity index (χ0v) is 18.4. The van der Waals surface area contributed by atoms with Crippen LogP contribution in [-0.4, -0.2) is 26.2 Å². The number of aryl methyl sites for hydroxylation is 2. The summed E-state index contributed by atoms with van der Waals surface area (Å²) in [5, 5.41) is 3.60. The maximum Gasteiger partial charge on any atom is 0.278 e. The molecule has 2 atom stereocenters. The maximum atomic E-state index is 13.0. The Morgan fingerprint density at radius 2 is 1.93 bits per heavy atom. The van der Waals surface area contributed by atoms with Gasteiger partial charge in [0.25, 0.3) is 5.56 Å². The lowest BCUT2D eigenvalue weighted by atomic mass is 10.1. The Balaban J connectivity index is 1.77. The van der Waals surface area contributed by atoms with Crippen LogP contribution in [0.3, 0.4) is 0 Å². The molecule has 2 N–H and O–H groups in total. The average Bonchev–Trinajstić information content (AvgIpc) is 3.07. The molecule has 2 aromatic heterocycles. The average molecular weight is 413 g/mol. The van der Waals surface area contributed by atoms with Crippen LogP contribution in [0.5, 0.6) is 0 Å². The van der Waals surface area contributed by atoms with Crippen molar-refractivity contribution in [1.29, 1.82) is 0 Å². The number of fused-ring (bicyclic) bond motifs is 1. The number of hydrogen-bond acceptors (Lipinski definition) is 4. The Bertz CT molecular complexity index is 1070. The van der Waals surface area contributed by atoms with E-state index in [1.54, 1.807) is 4.57 Å². The molecule has 0 aliphatic rings. The van der Waals surface area contributed by atoms with Crippen LogP contribution in [0.15, 0.2) is 40.3 Å². The molecule has 0 saturated carbocycles. The monoisotopic (exact) mass is 412 g/mol. The number of aromatic amines is 1. The fraction of sp³-hybridized carbons (Fsp3) is 0.409. The van der Waals surface area contributed by atoms with E-state index in [1.807, 2.05) is 65.0 Å². The van der Waals surface area contributed by atoms with Crippen LogP contribution in [0, 0.1) is 13.8 Å². The van der Waals surface area contributed by atoms with Gasteiger partial charge in [0.1, 0.15) is 5.52 Å². The number of nitrogens with one attached hydrogen (secondary N) is 2. The number of rotatable bonds is 7. The lowest BCUT2D eigenvalue weighted by Gasteiger charge is -2.18. The van der Waals surface area contributed by atoms with Crippen LogP contribution in [0.1, 0.15) is 56.1 Å². The zero-order valence-electron chi connectivity index (χ0n) is 17.6. The van der Waals surface area contributed by atoms with Gasteiger partial charge in [0.15, 0.2) is 5.16 Å². The van der Waals surface area contributed by atoms with Gasteiger partial charge in [0.2, 0.25) is 5.91 Å². The molecule has 0 aliphatic carbocycles. The van der Waals surface area contributed by atoms with Crippen molar-refractivity contribution in [3.63, 3.8) is 0 Å². The summed E-state index contributed by atoms with van der Waals surface area (Å²) in [5.41, 5.74) is 4.22. The molecule has 29 heavy (non-hydrogen) atoms. The van der Waals surface area contributed by atoms with E-state index in [9.17, 15) is 9.59 Å². The highest BCUT2D eigenvalue weighted by molar-refractivity contribution is 7.99. The molecular weight excluding hydrogens is 384 g/mol. The fourth-order valence-electron chi connectivity index (χ4n) is 3.21. The predicted molar refractivity (Wildman–Crippen MR) is 119 cm³/mol. The number of benzene rings is 1. The Morgan fingerprint density at radius 1 is 1.24 bits per heavy atom. The summed E-state index contributed by atoms with van der Waals surface area (Å²) in [7, 11) is 0. The molecule has 3 rings (SSSR count). The highest BCUT2D eigenvalue weighted by atomic mass is 32.2. The van der Waals surface area contributed by atoms with Crippen LogP contribution in [0.2, 0.25) is 0 Å². The van der Waals surface area contributed by atoms with Crippen LogP contribution in [0.25, 0.3) is 11.0 Å². The third-order valence-electron chi connectivity index (χ3n) is 5.11.